The van der Waals surface area contributed by atoms with Crippen LogP contribution in [0, 0.1) is 0 Å². The predicted molar refractivity (Wildman–Crippen MR) is 75.2 cm³/mol. The van der Waals surface area contributed by atoms with Crippen molar-refractivity contribution in [1.82, 2.24) is 14.5 Å². The molecule has 0 aliphatic heterocycles. The van der Waals surface area contributed by atoms with E-state index in [1.165, 1.54) is 11.3 Å². The summed E-state index contributed by atoms with van der Waals surface area (Å²) in [6, 6.07) is 0. The number of hydrogen-bond donors (Lipinski definition) is 0. The maximum atomic E-state index is 11.5. The highest BCUT2D eigenvalue weighted by molar-refractivity contribution is 7.10. The molecule has 0 aromatic carbocycles. The maximum absolute atomic E-state index is 11.5. The zero-order chi connectivity index (χ0) is 13.8. The van der Waals surface area contributed by atoms with Crippen LogP contribution in [0.25, 0.3) is 12.2 Å². The van der Waals surface area contributed by atoms with E-state index in [2.05, 4.69) is 9.97 Å². The highest BCUT2D eigenvalue weighted by Crippen LogP contribution is 2.15. The van der Waals surface area contributed by atoms with E-state index >= 15 is 0 Å². The number of aromatic nitrogens is 3. The lowest BCUT2D eigenvalue weighted by atomic mass is 10.4. The summed E-state index contributed by atoms with van der Waals surface area (Å²) in [5.74, 6) is 0.316. The van der Waals surface area contributed by atoms with Crippen LogP contribution in [0.2, 0.25) is 5.15 Å². The van der Waals surface area contributed by atoms with E-state index in [1.807, 2.05) is 7.05 Å². The second-order valence-electron chi connectivity index (χ2n) is 3.62. The van der Waals surface area contributed by atoms with Crippen molar-refractivity contribution in [3.63, 3.8) is 0 Å². The second-order valence-corrected chi connectivity index (χ2v) is 4.90. The second kappa shape index (κ2) is 5.99. The number of hydrogen-bond acceptors (Lipinski definition) is 5. The van der Waals surface area contributed by atoms with Gasteiger partial charge in [0.2, 0.25) is 0 Å². The van der Waals surface area contributed by atoms with Crippen molar-refractivity contribution in [3.8, 4) is 0 Å². The van der Waals surface area contributed by atoms with Gasteiger partial charge in [0.1, 0.15) is 16.0 Å². The number of halogens is 1. The van der Waals surface area contributed by atoms with E-state index in [0.717, 1.165) is 5.82 Å². The number of ether oxygens (including phenoxy) is 1. The maximum Gasteiger partial charge on any atom is 0.357 e. The van der Waals surface area contributed by atoms with Crippen molar-refractivity contribution in [1.29, 1.82) is 0 Å². The summed E-state index contributed by atoms with van der Waals surface area (Å²) in [5, 5.41) is 2.94. The van der Waals surface area contributed by atoms with Gasteiger partial charge in [0.25, 0.3) is 0 Å². The van der Waals surface area contributed by atoms with E-state index in [1.54, 1.807) is 35.2 Å². The third-order valence-corrected chi connectivity index (χ3v) is 3.51. The highest BCUT2D eigenvalue weighted by atomic mass is 35.5. The summed E-state index contributed by atoms with van der Waals surface area (Å²) < 4.78 is 6.62. The van der Waals surface area contributed by atoms with E-state index in [0.29, 0.717) is 22.5 Å². The molecule has 100 valence electrons. The minimum absolute atomic E-state index is 0.323. The Bertz CT molecular complexity index is 618. The van der Waals surface area contributed by atoms with Gasteiger partial charge in [0.05, 0.1) is 12.8 Å². The Morgan fingerprint density at radius 3 is 3.00 bits per heavy atom. The number of imidazole rings is 1. The SMILES string of the molecule is CCOC(=O)c1csc(C=Cc2ncc(Cl)n2C)n1. The highest BCUT2D eigenvalue weighted by Gasteiger charge is 2.10. The Hall–Kier alpha value is -1.66. The Morgan fingerprint density at radius 2 is 2.37 bits per heavy atom. The average molecular weight is 298 g/mol. The first-order valence-corrected chi connectivity index (χ1v) is 6.85. The largest absolute Gasteiger partial charge is 0.461 e. The fraction of sp³-hybridized carbons (Fsp3) is 0.250. The van der Waals surface area contributed by atoms with Gasteiger partial charge in [-0.25, -0.2) is 14.8 Å². The van der Waals surface area contributed by atoms with Crippen molar-refractivity contribution in [3.05, 3.63) is 33.3 Å². The molecule has 19 heavy (non-hydrogen) atoms. The van der Waals surface area contributed by atoms with Crippen LogP contribution in [0.15, 0.2) is 11.6 Å². The summed E-state index contributed by atoms with van der Waals surface area (Å²) in [6.07, 6.45) is 5.15. The lowest BCUT2D eigenvalue weighted by Gasteiger charge is -1.96. The Morgan fingerprint density at radius 1 is 1.58 bits per heavy atom. The summed E-state index contributed by atoms with van der Waals surface area (Å²) in [4.78, 5) is 19.8. The van der Waals surface area contributed by atoms with Gasteiger partial charge in [-0.05, 0) is 19.1 Å². The fourth-order valence-electron chi connectivity index (χ4n) is 1.37. The predicted octanol–water partition coefficient (Wildman–Crippen LogP) is 2.88. The molecule has 0 unspecified atom stereocenters. The standard InChI is InChI=1S/C12H12ClN3O2S/c1-3-18-12(17)8-7-19-11(15-8)5-4-10-14-6-9(13)16(10)2/h4-7H,3H2,1-2H3. The molecule has 0 spiro atoms. The van der Waals surface area contributed by atoms with Crippen LogP contribution in [-0.2, 0) is 11.8 Å². The van der Waals surface area contributed by atoms with Crippen molar-refractivity contribution < 1.29 is 9.53 Å². The first-order chi connectivity index (χ1) is 9.11. The quantitative estimate of drug-likeness (QED) is 0.814. The van der Waals surface area contributed by atoms with Crippen LogP contribution in [0.3, 0.4) is 0 Å². The van der Waals surface area contributed by atoms with Crippen molar-refractivity contribution in [2.75, 3.05) is 6.61 Å². The van der Waals surface area contributed by atoms with Crippen LogP contribution < -0.4 is 0 Å². The van der Waals surface area contributed by atoms with E-state index in [9.17, 15) is 4.79 Å². The lowest BCUT2D eigenvalue weighted by molar-refractivity contribution is 0.0520. The first-order valence-electron chi connectivity index (χ1n) is 5.59. The van der Waals surface area contributed by atoms with E-state index in [-0.39, 0.29) is 0 Å². The van der Waals surface area contributed by atoms with Gasteiger partial charge in [-0.1, -0.05) is 11.6 Å². The average Bonchev–Trinajstić information content (AvgIpc) is 2.97. The number of thiazole rings is 1. The van der Waals surface area contributed by atoms with Crippen molar-refractivity contribution in [2.24, 2.45) is 7.05 Å². The molecule has 0 aliphatic carbocycles. The van der Waals surface area contributed by atoms with Gasteiger partial charge >= 0.3 is 5.97 Å². The van der Waals surface area contributed by atoms with Gasteiger partial charge in [0.15, 0.2) is 5.69 Å². The molecule has 0 atom stereocenters. The van der Waals surface area contributed by atoms with Gasteiger partial charge in [-0.3, -0.25) is 0 Å². The Kier molecular flexibility index (Phi) is 4.34. The first kappa shape index (κ1) is 13.8. The monoisotopic (exact) mass is 297 g/mol. The van der Waals surface area contributed by atoms with E-state index in [4.69, 9.17) is 16.3 Å². The molecular formula is C12H12ClN3O2S. The number of carbonyl (C=O) groups is 1. The molecule has 0 saturated carbocycles. The van der Waals surface area contributed by atoms with Crippen molar-refractivity contribution >= 4 is 41.1 Å². The van der Waals surface area contributed by atoms with Crippen LogP contribution >= 0.6 is 22.9 Å². The molecule has 2 heterocycles. The van der Waals surface area contributed by atoms with Crippen LogP contribution in [0.1, 0.15) is 28.2 Å². The molecule has 0 amide bonds. The third-order valence-electron chi connectivity index (χ3n) is 2.35. The normalized spacial score (nSPS) is 11.1. The fourth-order valence-corrected chi connectivity index (χ4v) is 2.18. The molecule has 7 heteroatoms. The summed E-state index contributed by atoms with van der Waals surface area (Å²) >= 11 is 7.25. The molecule has 0 saturated heterocycles. The third kappa shape index (κ3) is 3.21. The smallest absolute Gasteiger partial charge is 0.357 e. The molecule has 2 aromatic heterocycles. The molecule has 2 rings (SSSR count). The zero-order valence-corrected chi connectivity index (χ0v) is 12.0. The molecular weight excluding hydrogens is 286 g/mol. The van der Waals surface area contributed by atoms with Crippen LogP contribution in [0.5, 0.6) is 0 Å². The van der Waals surface area contributed by atoms with E-state index < -0.39 is 5.97 Å². The number of carbonyl (C=O) groups excluding carboxylic acids is 1. The Balaban J connectivity index is 2.12. The summed E-state index contributed by atoms with van der Waals surface area (Å²) in [7, 11) is 1.82. The number of rotatable bonds is 4. The topological polar surface area (TPSA) is 57.0 Å². The van der Waals surface area contributed by atoms with Gasteiger partial charge in [0, 0.05) is 12.4 Å². The molecule has 2 aromatic rings. The van der Waals surface area contributed by atoms with Gasteiger partial charge < -0.3 is 9.30 Å². The molecule has 0 aliphatic rings. The molecule has 5 nitrogen and oxygen atoms in total. The molecule has 0 fully saturated rings. The van der Waals surface area contributed by atoms with Crippen LogP contribution in [-0.4, -0.2) is 27.1 Å². The van der Waals surface area contributed by atoms with Crippen molar-refractivity contribution in [2.45, 2.75) is 6.92 Å². The Labute approximate surface area is 119 Å². The van der Waals surface area contributed by atoms with Gasteiger partial charge in [-0.15, -0.1) is 11.3 Å². The molecule has 0 N–H and O–H groups in total. The summed E-state index contributed by atoms with van der Waals surface area (Å²) in [6.45, 7) is 2.10. The summed E-state index contributed by atoms with van der Waals surface area (Å²) in [5.41, 5.74) is 0.323. The molecule has 0 bridgehead atoms. The number of esters is 1. The number of nitrogens with zero attached hydrogens (tertiary/aromatic N) is 3. The lowest BCUT2D eigenvalue weighted by Crippen LogP contribution is -2.04. The van der Waals surface area contributed by atoms with Crippen LogP contribution in [0.4, 0.5) is 0 Å². The minimum atomic E-state index is -0.404. The minimum Gasteiger partial charge on any atom is -0.461 e. The molecule has 0 radical (unpaired) electrons. The van der Waals surface area contributed by atoms with Gasteiger partial charge in [-0.2, -0.15) is 0 Å². The zero-order valence-electron chi connectivity index (χ0n) is 10.5.